The minimum atomic E-state index is -0.498. The van der Waals surface area contributed by atoms with Crippen LogP contribution in [0, 0.1) is 17.5 Å². The van der Waals surface area contributed by atoms with Crippen LogP contribution in [0.25, 0.3) is 11.0 Å². The van der Waals surface area contributed by atoms with Crippen LogP contribution < -0.4 is 0 Å². The van der Waals surface area contributed by atoms with Crippen LogP contribution in [0.15, 0.2) is 18.2 Å². The minimum absolute atomic E-state index is 0.496. The molecule has 0 saturated heterocycles. The lowest BCUT2D eigenvalue weighted by Gasteiger charge is -1.98. The molecule has 13 heavy (non-hydrogen) atoms. The molecule has 0 aliphatic rings. The summed E-state index contributed by atoms with van der Waals surface area (Å²) in [6.45, 7) is 1.90. The highest BCUT2D eigenvalue weighted by molar-refractivity contribution is 7.71. The van der Waals surface area contributed by atoms with E-state index in [0.29, 0.717) is 10.3 Å². The van der Waals surface area contributed by atoms with Crippen molar-refractivity contribution in [2.24, 2.45) is 0 Å². The van der Waals surface area contributed by atoms with Crippen molar-refractivity contribution in [2.75, 3.05) is 0 Å². The summed E-state index contributed by atoms with van der Waals surface area (Å²) in [5.41, 5.74) is 1.46. The van der Waals surface area contributed by atoms with Gasteiger partial charge < -0.3 is 4.98 Å². The summed E-state index contributed by atoms with van der Waals surface area (Å²) in [6, 6.07) is 4.90. The predicted molar refractivity (Wildman–Crippen MR) is 51.6 cm³/mol. The van der Waals surface area contributed by atoms with E-state index in [9.17, 15) is 4.39 Å². The van der Waals surface area contributed by atoms with Gasteiger partial charge in [0.25, 0.3) is 0 Å². The van der Waals surface area contributed by atoms with Crippen molar-refractivity contribution < 1.29 is 4.39 Å². The van der Waals surface area contributed by atoms with Gasteiger partial charge in [0.05, 0.1) is 0 Å². The van der Waals surface area contributed by atoms with Gasteiger partial charge in [-0.2, -0.15) is 4.39 Å². The van der Waals surface area contributed by atoms with Gasteiger partial charge >= 0.3 is 0 Å². The van der Waals surface area contributed by atoms with Crippen LogP contribution in [-0.2, 0) is 0 Å². The molecule has 0 radical (unpaired) electrons. The van der Waals surface area contributed by atoms with Gasteiger partial charge in [-0.3, -0.25) is 0 Å². The molecule has 2 aromatic heterocycles. The first kappa shape index (κ1) is 8.31. The zero-order valence-electron chi connectivity index (χ0n) is 6.97. The molecule has 0 spiro atoms. The van der Waals surface area contributed by atoms with Crippen molar-refractivity contribution >= 4 is 23.3 Å². The second-order valence-electron chi connectivity index (χ2n) is 2.85. The van der Waals surface area contributed by atoms with Crippen LogP contribution in [0.4, 0.5) is 4.39 Å². The molecule has 1 N–H and O–H groups in total. The van der Waals surface area contributed by atoms with Crippen LogP contribution in [0.1, 0.15) is 5.56 Å². The Balaban J connectivity index is 2.89. The third-order valence-electron chi connectivity index (χ3n) is 1.85. The molecule has 0 unspecified atom stereocenters. The van der Waals surface area contributed by atoms with E-state index in [1.165, 1.54) is 6.07 Å². The Morgan fingerprint density at radius 1 is 1.46 bits per heavy atom. The van der Waals surface area contributed by atoms with Gasteiger partial charge in [-0.15, -0.1) is 0 Å². The summed E-state index contributed by atoms with van der Waals surface area (Å²) >= 11 is 5.01. The third kappa shape index (κ3) is 1.45. The third-order valence-corrected chi connectivity index (χ3v) is 2.28. The van der Waals surface area contributed by atoms with Crippen molar-refractivity contribution in [1.82, 2.24) is 9.97 Å². The number of aromatic amines is 1. The normalized spacial score (nSPS) is 10.6. The number of aromatic nitrogens is 2. The predicted octanol–water partition coefficient (Wildman–Crippen LogP) is 2.74. The van der Waals surface area contributed by atoms with Crippen molar-refractivity contribution in [1.29, 1.82) is 0 Å². The molecule has 2 nitrogen and oxygen atoms in total. The number of hydrogen-bond donors (Lipinski definition) is 1. The number of aryl methyl sites for hydroxylation is 1. The molecule has 2 rings (SSSR count). The summed E-state index contributed by atoms with van der Waals surface area (Å²) in [6.07, 6.45) is 0. The zero-order chi connectivity index (χ0) is 9.42. The fourth-order valence-electron chi connectivity index (χ4n) is 1.17. The molecule has 4 heteroatoms. The first-order chi connectivity index (χ1) is 6.16. The molecule has 0 fully saturated rings. The molecular formula is C9H7FN2S. The Kier molecular flexibility index (Phi) is 1.84. The monoisotopic (exact) mass is 194 g/mol. The fourth-order valence-corrected chi connectivity index (χ4v) is 1.32. The van der Waals surface area contributed by atoms with E-state index in [2.05, 4.69) is 9.97 Å². The number of halogens is 1. The van der Waals surface area contributed by atoms with Crippen LogP contribution in [0.5, 0.6) is 0 Å². The van der Waals surface area contributed by atoms with Crippen LogP contribution in [0.3, 0.4) is 0 Å². The molecule has 0 atom stereocenters. The van der Waals surface area contributed by atoms with E-state index >= 15 is 0 Å². The number of rotatable bonds is 0. The molecule has 0 bridgehead atoms. The number of nitrogens with one attached hydrogen (secondary N) is 1. The molecule has 2 aromatic rings. The number of hydrogen-bond acceptors (Lipinski definition) is 2. The van der Waals surface area contributed by atoms with Crippen molar-refractivity contribution in [3.63, 3.8) is 0 Å². The van der Waals surface area contributed by atoms with Crippen molar-refractivity contribution in [3.8, 4) is 0 Å². The topological polar surface area (TPSA) is 28.7 Å². The van der Waals surface area contributed by atoms with Gasteiger partial charge in [0.15, 0.2) is 0 Å². The smallest absolute Gasteiger partial charge is 0.214 e. The highest BCUT2D eigenvalue weighted by atomic mass is 32.1. The van der Waals surface area contributed by atoms with E-state index < -0.39 is 5.95 Å². The average molecular weight is 194 g/mol. The van der Waals surface area contributed by atoms with E-state index in [4.69, 9.17) is 12.2 Å². The lowest BCUT2D eigenvalue weighted by atomic mass is 10.2. The maximum atomic E-state index is 12.7. The summed E-state index contributed by atoms with van der Waals surface area (Å²) in [5.74, 6) is -0.498. The SMILES string of the molecule is Cc1cc2ccc(F)nc2[nH]c1=S. The molecule has 0 aromatic carbocycles. The van der Waals surface area contributed by atoms with Crippen LogP contribution >= 0.6 is 12.2 Å². The van der Waals surface area contributed by atoms with E-state index in [0.717, 1.165) is 10.9 Å². The average Bonchev–Trinajstić information content (AvgIpc) is 2.08. The highest BCUT2D eigenvalue weighted by Crippen LogP contribution is 2.12. The van der Waals surface area contributed by atoms with Gasteiger partial charge in [-0.05, 0) is 30.7 Å². The van der Waals surface area contributed by atoms with Crippen molar-refractivity contribution in [2.45, 2.75) is 6.92 Å². The second kappa shape index (κ2) is 2.88. The quantitative estimate of drug-likeness (QED) is 0.516. The van der Waals surface area contributed by atoms with E-state index in [1.54, 1.807) is 6.07 Å². The van der Waals surface area contributed by atoms with Crippen LogP contribution in [-0.4, -0.2) is 9.97 Å². The first-order valence-electron chi connectivity index (χ1n) is 3.83. The van der Waals surface area contributed by atoms with Gasteiger partial charge in [-0.25, -0.2) is 4.98 Å². The van der Waals surface area contributed by atoms with Gasteiger partial charge in [-0.1, -0.05) is 12.2 Å². The molecule has 2 heterocycles. The van der Waals surface area contributed by atoms with Gasteiger partial charge in [0.1, 0.15) is 10.3 Å². The fraction of sp³-hybridized carbons (Fsp3) is 0.111. The number of nitrogens with zero attached hydrogens (tertiary/aromatic N) is 1. The molecular weight excluding hydrogens is 187 g/mol. The summed E-state index contributed by atoms with van der Waals surface area (Å²) < 4.78 is 13.3. The minimum Gasteiger partial charge on any atom is -0.330 e. The van der Waals surface area contributed by atoms with E-state index in [-0.39, 0.29) is 0 Å². The molecule has 0 aliphatic carbocycles. The highest BCUT2D eigenvalue weighted by Gasteiger charge is 1.98. The van der Waals surface area contributed by atoms with Crippen molar-refractivity contribution in [3.05, 3.63) is 34.4 Å². The van der Waals surface area contributed by atoms with Gasteiger partial charge in [0.2, 0.25) is 5.95 Å². The molecule has 0 aliphatic heterocycles. The second-order valence-corrected chi connectivity index (χ2v) is 3.26. The Bertz CT molecular complexity index is 518. The Morgan fingerprint density at radius 2 is 2.23 bits per heavy atom. The maximum absolute atomic E-state index is 12.7. The van der Waals surface area contributed by atoms with E-state index in [1.807, 2.05) is 13.0 Å². The lowest BCUT2D eigenvalue weighted by Crippen LogP contribution is -1.89. The Morgan fingerprint density at radius 3 is 3.00 bits per heavy atom. The summed E-state index contributed by atoms with van der Waals surface area (Å²) in [5, 5.41) is 0.868. The number of fused-ring (bicyclic) bond motifs is 1. The first-order valence-corrected chi connectivity index (χ1v) is 4.24. The number of H-pyrrole nitrogens is 1. The molecule has 0 amide bonds. The standard InChI is InChI=1S/C9H7FN2S/c1-5-4-6-2-3-7(10)11-8(6)12-9(5)13/h2-4H,1H3,(H,11,12,13). The Hall–Kier alpha value is -1.29. The maximum Gasteiger partial charge on any atom is 0.214 e. The summed E-state index contributed by atoms with van der Waals surface area (Å²) in [4.78, 5) is 6.55. The molecule has 0 saturated carbocycles. The number of pyridine rings is 2. The van der Waals surface area contributed by atoms with Gasteiger partial charge in [0, 0.05) is 5.39 Å². The largest absolute Gasteiger partial charge is 0.330 e. The summed E-state index contributed by atoms with van der Waals surface area (Å²) in [7, 11) is 0. The molecule has 66 valence electrons. The lowest BCUT2D eigenvalue weighted by molar-refractivity contribution is 0.588. The van der Waals surface area contributed by atoms with Crippen LogP contribution in [0.2, 0.25) is 0 Å². The zero-order valence-corrected chi connectivity index (χ0v) is 7.78. The Labute approximate surface area is 79.4 Å².